The second-order valence-corrected chi connectivity index (χ2v) is 4.68. The van der Waals surface area contributed by atoms with Crippen molar-refractivity contribution in [2.24, 2.45) is 0 Å². The number of rotatable bonds is 3. The topological polar surface area (TPSA) is 20.2 Å². The second kappa shape index (κ2) is 5.81. The Balaban J connectivity index is 2.30. The van der Waals surface area contributed by atoms with Gasteiger partial charge in [-0.05, 0) is 29.8 Å². The fraction of sp³-hybridized carbons (Fsp3) is 0.143. The van der Waals surface area contributed by atoms with Crippen LogP contribution in [0.15, 0.2) is 30.3 Å². The molecule has 2 aromatic rings. The molecule has 1 N–H and O–H groups in total. The van der Waals surface area contributed by atoms with Gasteiger partial charge in [-0.2, -0.15) is 0 Å². The first-order valence-corrected chi connectivity index (χ1v) is 6.02. The average molecular weight is 305 g/mol. The summed E-state index contributed by atoms with van der Waals surface area (Å²) in [4.78, 5) is 0. The molecule has 0 aromatic heterocycles. The molecule has 0 aliphatic rings. The Bertz CT molecular complexity index is 645. The third kappa shape index (κ3) is 3.11. The standard InChI is InChI=1S/C14H9ClF4O/c15-8-1-2-10(16)7(3-8)4-14(20)9-5-12(18)13(19)6-11(9)17/h1-3,5-6,14,20H,4H2. The minimum absolute atomic E-state index is 0.0501. The molecule has 0 spiro atoms. The summed E-state index contributed by atoms with van der Waals surface area (Å²) in [7, 11) is 0. The number of benzene rings is 2. The molecule has 0 radical (unpaired) electrons. The predicted octanol–water partition coefficient (Wildman–Crippen LogP) is 4.17. The Morgan fingerprint density at radius 3 is 2.25 bits per heavy atom. The van der Waals surface area contributed by atoms with E-state index in [1.54, 1.807) is 0 Å². The van der Waals surface area contributed by atoms with E-state index in [0.717, 1.165) is 6.07 Å². The first-order valence-electron chi connectivity index (χ1n) is 5.65. The molecule has 20 heavy (non-hydrogen) atoms. The van der Waals surface area contributed by atoms with Gasteiger partial charge in [0.25, 0.3) is 0 Å². The molecule has 1 unspecified atom stereocenters. The largest absolute Gasteiger partial charge is 0.388 e. The minimum Gasteiger partial charge on any atom is -0.388 e. The van der Waals surface area contributed by atoms with Crippen molar-refractivity contribution >= 4 is 11.6 Å². The minimum atomic E-state index is -1.52. The van der Waals surface area contributed by atoms with Gasteiger partial charge in [0.1, 0.15) is 11.6 Å². The molecular formula is C14H9ClF4O. The summed E-state index contributed by atoms with van der Waals surface area (Å²) in [6.45, 7) is 0. The molecule has 1 nitrogen and oxygen atoms in total. The normalized spacial score (nSPS) is 12.5. The summed E-state index contributed by atoms with van der Waals surface area (Å²) < 4.78 is 52.8. The van der Waals surface area contributed by atoms with Gasteiger partial charge in [0.2, 0.25) is 0 Å². The number of hydrogen-bond acceptors (Lipinski definition) is 1. The van der Waals surface area contributed by atoms with Crippen LogP contribution in [0.3, 0.4) is 0 Å². The van der Waals surface area contributed by atoms with Gasteiger partial charge in [-0.25, -0.2) is 17.6 Å². The molecule has 2 aromatic carbocycles. The van der Waals surface area contributed by atoms with E-state index >= 15 is 0 Å². The van der Waals surface area contributed by atoms with Gasteiger partial charge in [0.05, 0.1) is 6.10 Å². The van der Waals surface area contributed by atoms with Crippen LogP contribution in [0.25, 0.3) is 0 Å². The zero-order valence-corrected chi connectivity index (χ0v) is 10.8. The SMILES string of the molecule is OC(Cc1cc(Cl)ccc1F)c1cc(F)c(F)cc1F. The maximum atomic E-state index is 13.5. The Morgan fingerprint density at radius 2 is 1.55 bits per heavy atom. The average Bonchev–Trinajstić information content (AvgIpc) is 2.38. The quantitative estimate of drug-likeness (QED) is 0.666. The smallest absolute Gasteiger partial charge is 0.161 e. The van der Waals surface area contributed by atoms with Crippen LogP contribution in [0.2, 0.25) is 5.02 Å². The summed E-state index contributed by atoms with van der Waals surface area (Å²) in [5.74, 6) is -4.37. The van der Waals surface area contributed by atoms with Crippen molar-refractivity contribution in [1.82, 2.24) is 0 Å². The predicted molar refractivity (Wildman–Crippen MR) is 66.4 cm³/mol. The van der Waals surface area contributed by atoms with E-state index < -0.39 is 34.9 Å². The Hall–Kier alpha value is -1.59. The monoisotopic (exact) mass is 304 g/mol. The summed E-state index contributed by atoms with van der Waals surface area (Å²) in [6, 6.07) is 4.59. The molecule has 6 heteroatoms. The summed E-state index contributed by atoms with van der Waals surface area (Å²) in [6.07, 6.45) is -1.83. The van der Waals surface area contributed by atoms with Gasteiger partial charge in [0, 0.05) is 23.1 Å². The van der Waals surface area contributed by atoms with Crippen molar-refractivity contribution in [1.29, 1.82) is 0 Å². The van der Waals surface area contributed by atoms with Crippen LogP contribution in [0, 0.1) is 23.3 Å². The van der Waals surface area contributed by atoms with Crippen LogP contribution < -0.4 is 0 Å². The molecule has 2 rings (SSSR count). The first kappa shape index (κ1) is 14.8. The summed E-state index contributed by atoms with van der Waals surface area (Å²) in [5.41, 5.74) is -0.391. The molecule has 0 fully saturated rings. The lowest BCUT2D eigenvalue weighted by Gasteiger charge is -2.13. The molecule has 0 saturated carbocycles. The molecule has 0 bridgehead atoms. The van der Waals surface area contributed by atoms with Crippen LogP contribution in [-0.2, 0) is 6.42 Å². The van der Waals surface area contributed by atoms with E-state index in [0.29, 0.717) is 12.1 Å². The van der Waals surface area contributed by atoms with Gasteiger partial charge < -0.3 is 5.11 Å². The van der Waals surface area contributed by atoms with Gasteiger partial charge >= 0.3 is 0 Å². The van der Waals surface area contributed by atoms with Crippen LogP contribution in [0.4, 0.5) is 17.6 Å². The summed E-state index contributed by atoms with van der Waals surface area (Å²) >= 11 is 5.69. The number of aliphatic hydroxyl groups excluding tert-OH is 1. The van der Waals surface area contributed by atoms with Crippen molar-refractivity contribution in [2.45, 2.75) is 12.5 Å². The third-order valence-electron chi connectivity index (χ3n) is 2.82. The van der Waals surface area contributed by atoms with Crippen molar-refractivity contribution in [2.75, 3.05) is 0 Å². The van der Waals surface area contributed by atoms with Gasteiger partial charge in [-0.3, -0.25) is 0 Å². The van der Waals surface area contributed by atoms with Crippen molar-refractivity contribution in [3.8, 4) is 0 Å². The van der Waals surface area contributed by atoms with Crippen LogP contribution in [0.1, 0.15) is 17.2 Å². The molecule has 0 aliphatic heterocycles. The lowest BCUT2D eigenvalue weighted by Crippen LogP contribution is -2.07. The zero-order valence-electron chi connectivity index (χ0n) is 10.0. The maximum Gasteiger partial charge on any atom is 0.161 e. The zero-order chi connectivity index (χ0) is 14.9. The third-order valence-corrected chi connectivity index (χ3v) is 3.05. The number of hydrogen-bond donors (Lipinski definition) is 1. The van der Waals surface area contributed by atoms with Crippen molar-refractivity contribution in [3.05, 3.63) is 69.8 Å². The van der Waals surface area contributed by atoms with Crippen LogP contribution in [-0.4, -0.2) is 5.11 Å². The maximum absolute atomic E-state index is 13.5. The fourth-order valence-electron chi connectivity index (χ4n) is 1.81. The molecule has 106 valence electrons. The molecule has 0 amide bonds. The van der Waals surface area contributed by atoms with Gasteiger partial charge in [-0.1, -0.05) is 11.6 Å². The Kier molecular flexibility index (Phi) is 4.30. The van der Waals surface area contributed by atoms with E-state index in [1.165, 1.54) is 12.1 Å². The summed E-state index contributed by atoms with van der Waals surface area (Å²) in [5, 5.41) is 10.1. The highest BCUT2D eigenvalue weighted by Gasteiger charge is 2.18. The van der Waals surface area contributed by atoms with E-state index in [1.807, 2.05) is 0 Å². The van der Waals surface area contributed by atoms with Crippen LogP contribution >= 0.6 is 11.6 Å². The van der Waals surface area contributed by atoms with E-state index in [9.17, 15) is 22.7 Å². The van der Waals surface area contributed by atoms with E-state index in [-0.39, 0.29) is 17.0 Å². The molecule has 0 aliphatic carbocycles. The molecular weight excluding hydrogens is 296 g/mol. The van der Waals surface area contributed by atoms with Crippen molar-refractivity contribution in [3.63, 3.8) is 0 Å². The molecule has 0 heterocycles. The Morgan fingerprint density at radius 1 is 0.900 bits per heavy atom. The lowest BCUT2D eigenvalue weighted by atomic mass is 10.0. The first-order chi connectivity index (χ1) is 9.38. The van der Waals surface area contributed by atoms with Crippen LogP contribution in [0.5, 0.6) is 0 Å². The lowest BCUT2D eigenvalue weighted by molar-refractivity contribution is 0.171. The fourth-order valence-corrected chi connectivity index (χ4v) is 2.01. The van der Waals surface area contributed by atoms with E-state index in [2.05, 4.69) is 0 Å². The number of halogens is 5. The highest BCUT2D eigenvalue weighted by molar-refractivity contribution is 6.30. The van der Waals surface area contributed by atoms with Gasteiger partial charge in [0.15, 0.2) is 11.6 Å². The Labute approximate surface area is 117 Å². The molecule has 0 saturated heterocycles. The second-order valence-electron chi connectivity index (χ2n) is 4.24. The highest BCUT2D eigenvalue weighted by Crippen LogP contribution is 2.25. The number of aliphatic hydroxyl groups is 1. The highest BCUT2D eigenvalue weighted by atomic mass is 35.5. The van der Waals surface area contributed by atoms with Crippen molar-refractivity contribution < 1.29 is 22.7 Å². The van der Waals surface area contributed by atoms with E-state index in [4.69, 9.17) is 11.6 Å². The molecule has 1 atom stereocenters. The van der Waals surface area contributed by atoms with Gasteiger partial charge in [-0.15, -0.1) is 0 Å².